The second-order valence-electron chi connectivity index (χ2n) is 5.77. The van der Waals surface area contributed by atoms with Crippen molar-refractivity contribution >= 4 is 12.0 Å². The fourth-order valence-electron chi connectivity index (χ4n) is 2.30. The lowest BCUT2D eigenvalue weighted by Crippen LogP contribution is -2.36. The van der Waals surface area contributed by atoms with Crippen LogP contribution in [0.1, 0.15) is 27.9 Å². The van der Waals surface area contributed by atoms with Crippen molar-refractivity contribution in [2.75, 3.05) is 20.3 Å². The molecule has 2 amide bonds. The van der Waals surface area contributed by atoms with Crippen molar-refractivity contribution in [3.8, 4) is 5.75 Å². The third kappa shape index (κ3) is 6.12. The predicted molar refractivity (Wildman–Crippen MR) is 99.3 cm³/mol. The third-order valence-electron chi connectivity index (χ3n) is 3.79. The minimum Gasteiger partial charge on any atom is -0.493 e. The Hall–Kier alpha value is -3.02. The lowest BCUT2D eigenvalue weighted by molar-refractivity contribution is 0.0600. The van der Waals surface area contributed by atoms with Crippen molar-refractivity contribution in [1.29, 1.82) is 0 Å². The van der Waals surface area contributed by atoms with Crippen molar-refractivity contribution in [3.63, 3.8) is 0 Å². The van der Waals surface area contributed by atoms with Crippen molar-refractivity contribution in [1.82, 2.24) is 10.6 Å². The van der Waals surface area contributed by atoms with Gasteiger partial charge in [-0.2, -0.15) is 0 Å². The van der Waals surface area contributed by atoms with Crippen molar-refractivity contribution in [2.24, 2.45) is 0 Å². The van der Waals surface area contributed by atoms with Crippen LogP contribution in [0.3, 0.4) is 0 Å². The molecule has 0 aromatic heterocycles. The minimum absolute atomic E-state index is 0.238. The lowest BCUT2D eigenvalue weighted by atomic mass is 10.1. The molecule has 0 aliphatic heterocycles. The Morgan fingerprint density at radius 1 is 1.00 bits per heavy atom. The summed E-state index contributed by atoms with van der Waals surface area (Å²) in [6.07, 6.45) is 0.718. The molecule has 0 heterocycles. The molecule has 0 saturated carbocycles. The first-order valence-corrected chi connectivity index (χ1v) is 8.47. The summed E-state index contributed by atoms with van der Waals surface area (Å²) in [7, 11) is 1.34. The monoisotopic (exact) mass is 356 g/mol. The van der Waals surface area contributed by atoms with Crippen LogP contribution < -0.4 is 15.4 Å². The van der Waals surface area contributed by atoms with Crippen LogP contribution >= 0.6 is 0 Å². The van der Waals surface area contributed by atoms with Gasteiger partial charge in [0.05, 0.1) is 19.3 Å². The van der Waals surface area contributed by atoms with Crippen LogP contribution in [0.2, 0.25) is 0 Å². The van der Waals surface area contributed by atoms with Crippen LogP contribution in [0, 0.1) is 6.92 Å². The van der Waals surface area contributed by atoms with Crippen LogP contribution in [-0.4, -0.2) is 32.3 Å². The number of nitrogens with one attached hydrogen (secondary N) is 2. The molecule has 138 valence electrons. The number of benzene rings is 2. The molecule has 0 fully saturated rings. The number of amides is 2. The highest BCUT2D eigenvalue weighted by atomic mass is 16.5. The Balaban J connectivity index is 1.61. The molecule has 0 bridgehead atoms. The molecule has 0 aliphatic rings. The fourth-order valence-corrected chi connectivity index (χ4v) is 2.30. The highest BCUT2D eigenvalue weighted by molar-refractivity contribution is 5.89. The van der Waals surface area contributed by atoms with Gasteiger partial charge in [0, 0.05) is 13.1 Å². The number of carbonyl (C=O) groups excluding carboxylic acids is 2. The van der Waals surface area contributed by atoms with Gasteiger partial charge in [0.1, 0.15) is 5.75 Å². The summed E-state index contributed by atoms with van der Waals surface area (Å²) in [5.74, 6) is 0.488. The summed E-state index contributed by atoms with van der Waals surface area (Å²) >= 11 is 0. The summed E-state index contributed by atoms with van der Waals surface area (Å²) in [6.45, 7) is 3.45. The maximum atomic E-state index is 11.8. The highest BCUT2D eigenvalue weighted by Crippen LogP contribution is 2.15. The summed E-state index contributed by atoms with van der Waals surface area (Å²) in [5, 5.41) is 5.56. The van der Waals surface area contributed by atoms with Gasteiger partial charge in [-0.3, -0.25) is 0 Å². The molecule has 0 saturated heterocycles. The molecular formula is C20H24N2O4. The van der Waals surface area contributed by atoms with E-state index in [0.717, 1.165) is 23.3 Å². The second kappa shape index (κ2) is 10.1. The number of hydrogen-bond acceptors (Lipinski definition) is 4. The van der Waals surface area contributed by atoms with Crippen molar-refractivity contribution in [2.45, 2.75) is 19.9 Å². The normalized spacial score (nSPS) is 10.1. The van der Waals surface area contributed by atoms with E-state index in [4.69, 9.17) is 4.74 Å². The van der Waals surface area contributed by atoms with Crippen LogP contribution in [0.15, 0.2) is 48.5 Å². The van der Waals surface area contributed by atoms with Gasteiger partial charge in [0.15, 0.2) is 0 Å². The summed E-state index contributed by atoms with van der Waals surface area (Å²) in [6, 6.07) is 14.5. The van der Waals surface area contributed by atoms with Gasteiger partial charge in [0.2, 0.25) is 0 Å². The molecule has 6 nitrogen and oxygen atoms in total. The molecule has 6 heteroatoms. The molecular weight excluding hydrogens is 332 g/mol. The Morgan fingerprint density at radius 2 is 1.73 bits per heavy atom. The summed E-state index contributed by atoms with van der Waals surface area (Å²) < 4.78 is 10.3. The Kier molecular flexibility index (Phi) is 7.49. The van der Waals surface area contributed by atoms with Gasteiger partial charge < -0.3 is 20.1 Å². The highest BCUT2D eigenvalue weighted by Gasteiger charge is 2.05. The van der Waals surface area contributed by atoms with Crippen LogP contribution in [0.4, 0.5) is 4.79 Å². The van der Waals surface area contributed by atoms with E-state index >= 15 is 0 Å². The quantitative estimate of drug-likeness (QED) is 0.563. The molecule has 2 aromatic carbocycles. The van der Waals surface area contributed by atoms with Gasteiger partial charge in [-0.05, 0) is 42.7 Å². The van der Waals surface area contributed by atoms with Crippen molar-refractivity contribution < 1.29 is 19.1 Å². The van der Waals surface area contributed by atoms with Crippen LogP contribution in [0.5, 0.6) is 5.75 Å². The zero-order chi connectivity index (χ0) is 18.8. The molecule has 0 spiro atoms. The number of rotatable bonds is 8. The van der Waals surface area contributed by atoms with Gasteiger partial charge in [-0.15, -0.1) is 0 Å². The van der Waals surface area contributed by atoms with E-state index in [9.17, 15) is 9.59 Å². The molecule has 0 radical (unpaired) electrons. The van der Waals surface area contributed by atoms with Crippen LogP contribution in [-0.2, 0) is 11.3 Å². The maximum absolute atomic E-state index is 11.8. The van der Waals surface area contributed by atoms with Gasteiger partial charge in [0.25, 0.3) is 0 Å². The summed E-state index contributed by atoms with van der Waals surface area (Å²) in [5.41, 5.74) is 2.47. The zero-order valence-electron chi connectivity index (χ0n) is 15.1. The molecule has 26 heavy (non-hydrogen) atoms. The first-order chi connectivity index (χ1) is 12.6. The Labute approximate surface area is 153 Å². The van der Waals surface area contributed by atoms with Gasteiger partial charge in [-0.25, -0.2) is 9.59 Å². The van der Waals surface area contributed by atoms with E-state index in [0.29, 0.717) is 25.3 Å². The first kappa shape index (κ1) is 19.3. The lowest BCUT2D eigenvalue weighted by Gasteiger charge is -2.10. The number of hydrogen-bond donors (Lipinski definition) is 2. The number of methoxy groups -OCH3 is 1. The molecule has 2 rings (SSSR count). The molecule has 0 atom stereocenters. The van der Waals surface area contributed by atoms with E-state index in [-0.39, 0.29) is 12.0 Å². The second-order valence-corrected chi connectivity index (χ2v) is 5.77. The number of aryl methyl sites for hydroxylation is 1. The van der Waals surface area contributed by atoms with E-state index in [1.807, 2.05) is 31.2 Å². The topological polar surface area (TPSA) is 76.7 Å². The van der Waals surface area contributed by atoms with Gasteiger partial charge in [-0.1, -0.05) is 30.3 Å². The number of para-hydroxylation sites is 1. The summed E-state index contributed by atoms with van der Waals surface area (Å²) in [4.78, 5) is 23.1. The fraction of sp³-hybridized carbons (Fsp3) is 0.300. The number of carbonyl (C=O) groups is 2. The Bertz CT molecular complexity index is 729. The number of urea groups is 1. The largest absolute Gasteiger partial charge is 0.493 e. The van der Waals surface area contributed by atoms with E-state index < -0.39 is 0 Å². The van der Waals surface area contributed by atoms with Crippen molar-refractivity contribution in [3.05, 3.63) is 65.2 Å². The van der Waals surface area contributed by atoms with E-state index in [2.05, 4.69) is 15.4 Å². The van der Waals surface area contributed by atoms with Crippen LogP contribution in [0.25, 0.3) is 0 Å². The average Bonchev–Trinajstić information content (AvgIpc) is 2.67. The van der Waals surface area contributed by atoms with Gasteiger partial charge >= 0.3 is 12.0 Å². The molecule has 0 unspecified atom stereocenters. The SMILES string of the molecule is COC(=O)c1ccc(CNC(=O)NCCCOc2ccccc2C)cc1. The van der Waals surface area contributed by atoms with E-state index in [1.54, 1.807) is 24.3 Å². The predicted octanol–water partition coefficient (Wildman–Crippen LogP) is 3.05. The average molecular weight is 356 g/mol. The molecule has 2 aromatic rings. The first-order valence-electron chi connectivity index (χ1n) is 8.47. The number of esters is 1. The molecule has 0 aliphatic carbocycles. The number of ether oxygens (including phenoxy) is 2. The smallest absolute Gasteiger partial charge is 0.337 e. The third-order valence-corrected chi connectivity index (χ3v) is 3.79. The maximum Gasteiger partial charge on any atom is 0.337 e. The minimum atomic E-state index is -0.379. The Morgan fingerprint density at radius 3 is 2.42 bits per heavy atom. The standard InChI is InChI=1S/C20H24N2O4/c1-15-6-3-4-7-18(15)26-13-5-12-21-20(24)22-14-16-8-10-17(11-9-16)19(23)25-2/h3-4,6-11H,5,12-14H2,1-2H3,(H2,21,22,24). The van der Waals surface area contributed by atoms with E-state index in [1.165, 1.54) is 7.11 Å². The zero-order valence-corrected chi connectivity index (χ0v) is 15.1. The molecule has 2 N–H and O–H groups in total.